The number of aromatic nitrogens is 1. The Morgan fingerprint density at radius 3 is 2.26 bits per heavy atom. The molecule has 0 saturated heterocycles. The van der Waals surface area contributed by atoms with Gasteiger partial charge in [-0.1, -0.05) is 66.7 Å². The van der Waals surface area contributed by atoms with Crippen LogP contribution in [0.2, 0.25) is 0 Å². The molecule has 1 heterocycles. The van der Waals surface area contributed by atoms with Crippen LogP contribution in [0.15, 0.2) is 90.0 Å². The van der Waals surface area contributed by atoms with Crippen molar-refractivity contribution in [2.45, 2.75) is 17.4 Å². The summed E-state index contributed by atoms with van der Waals surface area (Å²) in [6.45, 7) is 0. The first-order valence-electron chi connectivity index (χ1n) is 11.0. The van der Waals surface area contributed by atoms with Gasteiger partial charge < -0.3 is 10.7 Å². The van der Waals surface area contributed by atoms with Gasteiger partial charge in [-0.2, -0.15) is 4.72 Å². The van der Waals surface area contributed by atoms with E-state index < -0.39 is 22.0 Å². The maximum absolute atomic E-state index is 13.6. The molecule has 1 aromatic heterocycles. The minimum absolute atomic E-state index is 0.128. The zero-order chi connectivity index (χ0) is 23.4. The summed E-state index contributed by atoms with van der Waals surface area (Å²) in [5, 5.41) is 6.52. The highest BCUT2D eigenvalue weighted by Crippen LogP contribution is 2.37. The molecule has 6 rings (SSSR count). The molecule has 0 aliphatic rings. The summed E-state index contributed by atoms with van der Waals surface area (Å²) in [5.74, 6) is -0.730. The summed E-state index contributed by atoms with van der Waals surface area (Å²) in [5.41, 5.74) is 7.37. The summed E-state index contributed by atoms with van der Waals surface area (Å²) in [6, 6.07) is 23.8. The van der Waals surface area contributed by atoms with Crippen molar-refractivity contribution in [3.05, 3.63) is 90.6 Å². The van der Waals surface area contributed by atoms with Crippen LogP contribution in [0.4, 0.5) is 0 Å². The van der Waals surface area contributed by atoms with Crippen molar-refractivity contribution in [2.24, 2.45) is 5.73 Å². The number of H-pyrrole nitrogens is 1. The highest BCUT2D eigenvalue weighted by atomic mass is 32.2. The van der Waals surface area contributed by atoms with Crippen LogP contribution < -0.4 is 10.5 Å². The van der Waals surface area contributed by atoms with E-state index >= 15 is 0 Å². The molecule has 0 aliphatic carbocycles. The number of carbonyl (C=O) groups excluding carboxylic acids is 1. The molecule has 1 atom stereocenters. The summed E-state index contributed by atoms with van der Waals surface area (Å²) < 4.78 is 29.7. The van der Waals surface area contributed by atoms with Crippen molar-refractivity contribution >= 4 is 59.2 Å². The molecule has 7 heteroatoms. The quantitative estimate of drug-likeness (QED) is 0.315. The molecule has 0 spiro atoms. The first-order chi connectivity index (χ1) is 16.4. The number of hydrogen-bond acceptors (Lipinski definition) is 3. The number of rotatable bonds is 6. The van der Waals surface area contributed by atoms with Crippen LogP contribution >= 0.6 is 0 Å². The number of fused-ring (bicyclic) bond motifs is 1. The average molecular weight is 468 g/mol. The first kappa shape index (κ1) is 20.7. The predicted molar refractivity (Wildman–Crippen MR) is 135 cm³/mol. The Morgan fingerprint density at radius 2 is 1.50 bits per heavy atom. The van der Waals surface area contributed by atoms with Crippen LogP contribution in [-0.2, 0) is 21.2 Å². The van der Waals surface area contributed by atoms with Gasteiger partial charge in [0.2, 0.25) is 15.9 Å². The predicted octanol–water partition coefficient (Wildman–Crippen LogP) is 4.44. The number of para-hydroxylation sites is 1. The molecule has 0 aliphatic heterocycles. The molecule has 1 amide bonds. The average Bonchev–Trinajstić information content (AvgIpc) is 3.24. The summed E-state index contributed by atoms with van der Waals surface area (Å²) in [7, 11) is -4.05. The molecular weight excluding hydrogens is 446 g/mol. The van der Waals surface area contributed by atoms with Crippen LogP contribution in [0.5, 0.6) is 0 Å². The Hall–Kier alpha value is -3.94. The lowest BCUT2D eigenvalue weighted by Crippen LogP contribution is -2.45. The lowest BCUT2D eigenvalue weighted by Gasteiger charge is -2.18. The molecular formula is C27H21N3O3S. The van der Waals surface area contributed by atoms with Crippen LogP contribution in [0.25, 0.3) is 43.2 Å². The summed E-state index contributed by atoms with van der Waals surface area (Å²) in [6.07, 6.45) is 1.93. The zero-order valence-corrected chi connectivity index (χ0v) is 18.9. The van der Waals surface area contributed by atoms with Crippen LogP contribution in [-0.4, -0.2) is 25.4 Å². The number of nitrogens with one attached hydrogen (secondary N) is 2. The van der Waals surface area contributed by atoms with E-state index in [-0.39, 0.29) is 11.3 Å². The van der Waals surface area contributed by atoms with Gasteiger partial charge in [-0.25, -0.2) is 8.42 Å². The van der Waals surface area contributed by atoms with E-state index in [9.17, 15) is 13.2 Å². The van der Waals surface area contributed by atoms with E-state index in [1.165, 1.54) is 0 Å². The van der Waals surface area contributed by atoms with E-state index in [4.69, 9.17) is 5.73 Å². The zero-order valence-electron chi connectivity index (χ0n) is 18.1. The number of aromatic amines is 1. The maximum atomic E-state index is 13.6. The fourth-order valence-electron chi connectivity index (χ4n) is 4.91. The molecule has 0 saturated carbocycles. The number of amides is 1. The summed E-state index contributed by atoms with van der Waals surface area (Å²) in [4.78, 5) is 15.6. The van der Waals surface area contributed by atoms with E-state index in [0.717, 1.165) is 43.4 Å². The molecule has 0 radical (unpaired) electrons. The first-order valence-corrected chi connectivity index (χ1v) is 12.4. The van der Waals surface area contributed by atoms with Gasteiger partial charge >= 0.3 is 0 Å². The minimum atomic E-state index is -4.05. The van der Waals surface area contributed by atoms with Gasteiger partial charge in [-0.05, 0) is 51.0 Å². The molecule has 6 aromatic rings. The van der Waals surface area contributed by atoms with Gasteiger partial charge in [0, 0.05) is 22.5 Å². The lowest BCUT2D eigenvalue weighted by atomic mass is 9.94. The lowest BCUT2D eigenvalue weighted by molar-refractivity contribution is -0.119. The third-order valence-electron chi connectivity index (χ3n) is 6.52. The van der Waals surface area contributed by atoms with Crippen molar-refractivity contribution in [3.63, 3.8) is 0 Å². The third-order valence-corrected chi connectivity index (χ3v) is 8.05. The molecule has 34 heavy (non-hydrogen) atoms. The van der Waals surface area contributed by atoms with Crippen molar-refractivity contribution in [1.82, 2.24) is 9.71 Å². The number of carbonyl (C=O) groups is 1. The smallest absolute Gasteiger partial charge is 0.241 e. The Bertz CT molecular complexity index is 1810. The van der Waals surface area contributed by atoms with E-state index in [0.29, 0.717) is 5.39 Å². The topological polar surface area (TPSA) is 105 Å². The van der Waals surface area contributed by atoms with Gasteiger partial charge in [0.25, 0.3) is 0 Å². The molecule has 5 aromatic carbocycles. The minimum Gasteiger partial charge on any atom is -0.368 e. The highest BCUT2D eigenvalue weighted by molar-refractivity contribution is 7.89. The van der Waals surface area contributed by atoms with Gasteiger partial charge in [0.05, 0.1) is 4.90 Å². The SMILES string of the molecule is NC(=O)[C@@H](Cc1c[nH]c2ccccc12)NS(=O)(=O)c1ccc2ccc3cccc4ccc1c2c34. The molecule has 0 fully saturated rings. The van der Waals surface area contributed by atoms with Crippen molar-refractivity contribution in [3.8, 4) is 0 Å². The third kappa shape index (κ3) is 3.21. The van der Waals surface area contributed by atoms with Crippen molar-refractivity contribution in [1.29, 1.82) is 0 Å². The highest BCUT2D eigenvalue weighted by Gasteiger charge is 2.27. The second-order valence-electron chi connectivity index (χ2n) is 8.56. The normalized spacial score (nSPS) is 13.3. The number of benzene rings is 5. The fourth-order valence-corrected chi connectivity index (χ4v) is 6.32. The number of primary amides is 1. The molecule has 4 N–H and O–H groups in total. The van der Waals surface area contributed by atoms with Gasteiger partial charge in [0.1, 0.15) is 6.04 Å². The maximum Gasteiger partial charge on any atom is 0.241 e. The summed E-state index contributed by atoms with van der Waals surface area (Å²) >= 11 is 0. The van der Waals surface area contributed by atoms with Crippen molar-refractivity contribution < 1.29 is 13.2 Å². The van der Waals surface area contributed by atoms with Gasteiger partial charge in [-0.3, -0.25) is 4.79 Å². The Labute approximate surface area is 195 Å². The van der Waals surface area contributed by atoms with Gasteiger partial charge in [-0.15, -0.1) is 0 Å². The Balaban J connectivity index is 1.44. The number of hydrogen-bond donors (Lipinski definition) is 3. The van der Waals surface area contributed by atoms with E-state index in [2.05, 4.69) is 9.71 Å². The van der Waals surface area contributed by atoms with Crippen molar-refractivity contribution in [2.75, 3.05) is 0 Å². The second-order valence-corrected chi connectivity index (χ2v) is 10.2. The molecule has 0 bridgehead atoms. The van der Waals surface area contributed by atoms with Crippen LogP contribution in [0.1, 0.15) is 5.56 Å². The number of nitrogens with two attached hydrogens (primary N) is 1. The van der Waals surface area contributed by atoms with Gasteiger partial charge in [0.15, 0.2) is 0 Å². The van der Waals surface area contributed by atoms with E-state index in [1.54, 1.807) is 12.3 Å². The molecule has 6 nitrogen and oxygen atoms in total. The fraction of sp³-hybridized carbons (Fsp3) is 0.0741. The van der Waals surface area contributed by atoms with E-state index in [1.807, 2.05) is 72.8 Å². The molecule has 168 valence electrons. The Morgan fingerprint density at radius 1 is 0.824 bits per heavy atom. The van der Waals surface area contributed by atoms with Crippen LogP contribution in [0, 0.1) is 0 Å². The van der Waals surface area contributed by atoms with Crippen LogP contribution in [0.3, 0.4) is 0 Å². The largest absolute Gasteiger partial charge is 0.368 e. The number of sulfonamides is 1. The Kier molecular flexibility index (Phi) is 4.58. The second kappa shape index (κ2) is 7.55. The monoisotopic (exact) mass is 467 g/mol. The standard InChI is InChI=1S/C27H21N3O3S/c28-27(31)23(14-19-15-29-22-7-2-1-6-20(19)22)30-34(32,33)24-13-11-18-9-8-16-4-3-5-17-10-12-21(24)26(18)25(16)17/h1-13,15,23,29-30H,14H2,(H2,28,31)/t23-/m1/s1. The molecule has 0 unspecified atom stereocenters.